The van der Waals surface area contributed by atoms with Crippen molar-refractivity contribution in [1.82, 2.24) is 9.97 Å². The Morgan fingerprint density at radius 2 is 2.06 bits per heavy atom. The van der Waals surface area contributed by atoms with Crippen molar-refractivity contribution in [3.8, 4) is 17.0 Å². The number of anilines is 2. The fourth-order valence-electron chi connectivity index (χ4n) is 2.21. The Morgan fingerprint density at radius 1 is 1.17 bits per heavy atom. The second-order valence-corrected chi connectivity index (χ2v) is 4.28. The van der Waals surface area contributed by atoms with Gasteiger partial charge < -0.3 is 16.2 Å². The molecular formula is C13H14N4O. The van der Waals surface area contributed by atoms with E-state index in [9.17, 15) is 0 Å². The summed E-state index contributed by atoms with van der Waals surface area (Å²) in [5.74, 6) is 1.44. The molecule has 0 saturated heterocycles. The first-order chi connectivity index (χ1) is 8.74. The van der Waals surface area contributed by atoms with Crippen LogP contribution in [0, 0.1) is 0 Å². The zero-order valence-corrected chi connectivity index (χ0v) is 9.89. The van der Waals surface area contributed by atoms with Gasteiger partial charge in [-0.15, -0.1) is 0 Å². The zero-order chi connectivity index (χ0) is 12.5. The lowest BCUT2D eigenvalue weighted by Gasteiger charge is -2.20. The lowest BCUT2D eigenvalue weighted by atomic mass is 10.0. The fourth-order valence-corrected chi connectivity index (χ4v) is 2.21. The van der Waals surface area contributed by atoms with E-state index in [1.54, 1.807) is 6.07 Å². The average molecular weight is 242 g/mol. The molecule has 5 heteroatoms. The number of hydrogen-bond acceptors (Lipinski definition) is 5. The minimum Gasteiger partial charge on any atom is -0.493 e. The molecule has 0 spiro atoms. The van der Waals surface area contributed by atoms with E-state index in [1.165, 1.54) is 5.56 Å². The van der Waals surface area contributed by atoms with Gasteiger partial charge in [-0.3, -0.25) is 0 Å². The van der Waals surface area contributed by atoms with Crippen molar-refractivity contribution in [3.05, 3.63) is 29.8 Å². The van der Waals surface area contributed by atoms with Crippen molar-refractivity contribution in [2.75, 3.05) is 18.1 Å². The highest BCUT2D eigenvalue weighted by Crippen LogP contribution is 2.35. The van der Waals surface area contributed by atoms with E-state index < -0.39 is 0 Å². The molecule has 92 valence electrons. The Labute approximate surface area is 105 Å². The van der Waals surface area contributed by atoms with Crippen molar-refractivity contribution in [2.45, 2.75) is 12.8 Å². The summed E-state index contributed by atoms with van der Waals surface area (Å²) in [6.45, 7) is 0.736. The molecule has 0 amide bonds. The second-order valence-electron chi connectivity index (χ2n) is 4.28. The van der Waals surface area contributed by atoms with Crippen molar-refractivity contribution in [1.29, 1.82) is 0 Å². The lowest BCUT2D eigenvalue weighted by Crippen LogP contribution is -2.10. The maximum atomic E-state index is 5.75. The minimum absolute atomic E-state index is 0.179. The highest BCUT2D eigenvalue weighted by molar-refractivity contribution is 5.71. The van der Waals surface area contributed by atoms with Crippen molar-refractivity contribution in [3.63, 3.8) is 0 Å². The molecule has 0 saturated carbocycles. The molecule has 4 N–H and O–H groups in total. The first-order valence-corrected chi connectivity index (χ1v) is 5.89. The molecule has 0 atom stereocenters. The van der Waals surface area contributed by atoms with E-state index in [1.807, 2.05) is 12.1 Å². The van der Waals surface area contributed by atoms with Gasteiger partial charge in [-0.25, -0.2) is 4.98 Å². The molecule has 0 unspecified atom stereocenters. The van der Waals surface area contributed by atoms with Crippen LogP contribution in [-0.4, -0.2) is 16.6 Å². The molecule has 2 aromatic rings. The summed E-state index contributed by atoms with van der Waals surface area (Å²) in [6, 6.07) is 7.75. The van der Waals surface area contributed by atoms with E-state index in [2.05, 4.69) is 16.0 Å². The molecular weight excluding hydrogens is 228 g/mol. The van der Waals surface area contributed by atoms with E-state index >= 15 is 0 Å². The zero-order valence-electron chi connectivity index (χ0n) is 9.89. The first-order valence-electron chi connectivity index (χ1n) is 5.89. The molecule has 0 bridgehead atoms. The summed E-state index contributed by atoms with van der Waals surface area (Å²) in [5, 5.41) is 0. The number of rotatable bonds is 1. The Hall–Kier alpha value is -2.30. The number of ether oxygens (including phenoxy) is 1. The van der Waals surface area contributed by atoms with Gasteiger partial charge in [-0.05, 0) is 24.5 Å². The summed E-state index contributed by atoms with van der Waals surface area (Å²) in [4.78, 5) is 8.09. The molecule has 1 aromatic heterocycles. The number of nitrogens with zero attached hydrogens (tertiary/aromatic N) is 2. The molecule has 2 heterocycles. The van der Waals surface area contributed by atoms with Gasteiger partial charge in [0.25, 0.3) is 0 Å². The van der Waals surface area contributed by atoms with Gasteiger partial charge in [0.2, 0.25) is 5.95 Å². The van der Waals surface area contributed by atoms with E-state index in [4.69, 9.17) is 16.2 Å². The van der Waals surface area contributed by atoms with Crippen molar-refractivity contribution >= 4 is 11.8 Å². The number of para-hydroxylation sites is 1. The summed E-state index contributed by atoms with van der Waals surface area (Å²) in [7, 11) is 0. The molecule has 5 nitrogen and oxygen atoms in total. The maximum Gasteiger partial charge on any atom is 0.222 e. The van der Waals surface area contributed by atoms with Crippen LogP contribution in [0.2, 0.25) is 0 Å². The number of nitrogen functional groups attached to an aromatic ring is 2. The van der Waals surface area contributed by atoms with Crippen LogP contribution >= 0.6 is 0 Å². The first kappa shape index (κ1) is 10.8. The number of hydrogen-bond donors (Lipinski definition) is 2. The minimum atomic E-state index is 0.179. The van der Waals surface area contributed by atoms with Crippen LogP contribution in [0.4, 0.5) is 11.8 Å². The number of benzene rings is 1. The topological polar surface area (TPSA) is 87.0 Å². The lowest BCUT2D eigenvalue weighted by molar-refractivity contribution is 0.289. The standard InChI is InChI=1S/C13H14N4O/c14-11-7-10(16-13(15)17-11)9-5-1-3-8-4-2-6-18-12(8)9/h1,3,5,7H,2,4,6H2,(H4,14,15,16,17). The van der Waals surface area contributed by atoms with Gasteiger partial charge in [-0.1, -0.05) is 12.1 Å². The van der Waals surface area contributed by atoms with E-state index in [-0.39, 0.29) is 5.95 Å². The van der Waals surface area contributed by atoms with Crippen molar-refractivity contribution < 1.29 is 4.74 Å². The third-order valence-electron chi connectivity index (χ3n) is 2.97. The molecule has 0 radical (unpaired) electrons. The van der Waals surface area contributed by atoms with Crippen LogP contribution in [0.25, 0.3) is 11.3 Å². The van der Waals surface area contributed by atoms with Gasteiger partial charge in [0.1, 0.15) is 11.6 Å². The molecule has 1 aliphatic rings. The van der Waals surface area contributed by atoms with Crippen LogP contribution < -0.4 is 16.2 Å². The van der Waals surface area contributed by atoms with Gasteiger partial charge in [0.15, 0.2) is 0 Å². The van der Waals surface area contributed by atoms with E-state index in [0.717, 1.165) is 30.8 Å². The third-order valence-corrected chi connectivity index (χ3v) is 2.97. The summed E-state index contributed by atoms with van der Waals surface area (Å²) >= 11 is 0. The largest absolute Gasteiger partial charge is 0.493 e. The highest BCUT2D eigenvalue weighted by Gasteiger charge is 2.16. The molecule has 1 aliphatic heterocycles. The second kappa shape index (κ2) is 4.18. The van der Waals surface area contributed by atoms with Crippen LogP contribution in [-0.2, 0) is 6.42 Å². The normalized spacial score (nSPS) is 13.8. The van der Waals surface area contributed by atoms with Gasteiger partial charge in [0.05, 0.1) is 12.3 Å². The summed E-state index contributed by atoms with van der Waals surface area (Å²) < 4.78 is 5.75. The average Bonchev–Trinajstić information content (AvgIpc) is 2.37. The Kier molecular flexibility index (Phi) is 2.51. The SMILES string of the molecule is Nc1cc(-c2cccc3c2OCCC3)nc(N)n1. The number of aromatic nitrogens is 2. The maximum absolute atomic E-state index is 5.75. The van der Waals surface area contributed by atoms with Crippen molar-refractivity contribution in [2.24, 2.45) is 0 Å². The molecule has 0 fully saturated rings. The Bertz CT molecular complexity index is 577. The Morgan fingerprint density at radius 3 is 2.89 bits per heavy atom. The molecule has 3 rings (SSSR count). The van der Waals surface area contributed by atoms with Crippen LogP contribution in [0.3, 0.4) is 0 Å². The molecule has 1 aromatic carbocycles. The van der Waals surface area contributed by atoms with Crippen LogP contribution in [0.15, 0.2) is 24.3 Å². The van der Waals surface area contributed by atoms with Crippen LogP contribution in [0.1, 0.15) is 12.0 Å². The summed E-state index contributed by atoms with van der Waals surface area (Å²) in [5.41, 5.74) is 14.2. The number of aryl methyl sites for hydroxylation is 1. The predicted molar refractivity (Wildman–Crippen MR) is 70.1 cm³/mol. The van der Waals surface area contributed by atoms with Gasteiger partial charge in [0, 0.05) is 11.6 Å². The molecule has 0 aliphatic carbocycles. The van der Waals surface area contributed by atoms with Gasteiger partial charge in [-0.2, -0.15) is 4.98 Å². The van der Waals surface area contributed by atoms with Gasteiger partial charge >= 0.3 is 0 Å². The Balaban J connectivity index is 2.16. The third kappa shape index (κ3) is 1.84. The highest BCUT2D eigenvalue weighted by atomic mass is 16.5. The number of nitrogens with two attached hydrogens (primary N) is 2. The predicted octanol–water partition coefficient (Wildman–Crippen LogP) is 1.63. The smallest absolute Gasteiger partial charge is 0.222 e. The van der Waals surface area contributed by atoms with Crippen LogP contribution in [0.5, 0.6) is 5.75 Å². The monoisotopic (exact) mass is 242 g/mol. The van der Waals surface area contributed by atoms with E-state index in [0.29, 0.717) is 11.5 Å². The summed E-state index contributed by atoms with van der Waals surface area (Å²) in [6.07, 6.45) is 2.07. The number of fused-ring (bicyclic) bond motifs is 1. The fraction of sp³-hybridized carbons (Fsp3) is 0.231. The molecule has 18 heavy (non-hydrogen) atoms. The quantitative estimate of drug-likeness (QED) is 0.793.